The second-order valence-electron chi connectivity index (χ2n) is 1.04. The van der Waals surface area contributed by atoms with Gasteiger partial charge in [0.25, 0.3) is 0 Å². The van der Waals surface area contributed by atoms with E-state index in [1.54, 1.807) is 13.0 Å². The SMILES string of the molecule is [CH2]NC(=O)/C=C/C. The van der Waals surface area contributed by atoms with Gasteiger partial charge in [0.1, 0.15) is 0 Å². The van der Waals surface area contributed by atoms with E-state index in [0.717, 1.165) is 0 Å². The summed E-state index contributed by atoms with van der Waals surface area (Å²) in [6, 6.07) is 0. The van der Waals surface area contributed by atoms with E-state index < -0.39 is 0 Å². The highest BCUT2D eigenvalue weighted by Crippen LogP contribution is 1.67. The Labute approximate surface area is 43.2 Å². The Morgan fingerprint density at radius 1 is 1.86 bits per heavy atom. The molecule has 0 heterocycles. The van der Waals surface area contributed by atoms with Crippen molar-refractivity contribution in [2.45, 2.75) is 6.92 Å². The molecule has 1 N–H and O–H groups in total. The lowest BCUT2D eigenvalue weighted by Gasteiger charge is -1.83. The van der Waals surface area contributed by atoms with Crippen molar-refractivity contribution < 1.29 is 4.79 Å². The van der Waals surface area contributed by atoms with Crippen molar-refractivity contribution in [2.24, 2.45) is 0 Å². The van der Waals surface area contributed by atoms with Crippen LogP contribution in [0.5, 0.6) is 0 Å². The van der Waals surface area contributed by atoms with Crippen molar-refractivity contribution in [1.82, 2.24) is 5.32 Å². The first kappa shape index (κ1) is 6.21. The molecule has 0 unspecified atom stereocenters. The van der Waals surface area contributed by atoms with E-state index in [1.807, 2.05) is 0 Å². The maximum absolute atomic E-state index is 10.2. The third kappa shape index (κ3) is 3.03. The Balaban J connectivity index is 3.37. The lowest BCUT2D eigenvalue weighted by molar-refractivity contribution is -0.115. The highest BCUT2D eigenvalue weighted by atomic mass is 16.1. The van der Waals surface area contributed by atoms with E-state index in [1.165, 1.54) is 6.08 Å². The number of hydrogen-bond acceptors (Lipinski definition) is 1. The van der Waals surface area contributed by atoms with Crippen LogP contribution in [0.25, 0.3) is 0 Å². The lowest BCUT2D eigenvalue weighted by atomic mass is 10.5. The van der Waals surface area contributed by atoms with Crippen LogP contribution in [0.15, 0.2) is 12.2 Å². The molecule has 0 saturated heterocycles. The fourth-order valence-electron chi connectivity index (χ4n) is 0.210. The minimum Gasteiger partial charge on any atom is -0.351 e. The molecule has 0 aromatic rings. The molecule has 0 aromatic carbocycles. The van der Waals surface area contributed by atoms with Crippen LogP contribution in [0.4, 0.5) is 0 Å². The van der Waals surface area contributed by atoms with Crippen molar-refractivity contribution in [3.8, 4) is 0 Å². The summed E-state index contributed by atoms with van der Waals surface area (Å²) in [7, 11) is 3.15. The standard InChI is InChI=1S/C5H8NO/c1-3-4-5(7)6-2/h3-4H,2H2,1H3,(H,6,7)/b4-3+. The topological polar surface area (TPSA) is 29.1 Å². The van der Waals surface area contributed by atoms with Crippen LogP contribution in [0.2, 0.25) is 0 Å². The molecule has 0 aliphatic carbocycles. The smallest absolute Gasteiger partial charge is 0.243 e. The van der Waals surface area contributed by atoms with Gasteiger partial charge in [-0.15, -0.1) is 0 Å². The number of carbonyl (C=O) groups excluding carboxylic acids is 1. The van der Waals surface area contributed by atoms with E-state index in [9.17, 15) is 4.79 Å². The minimum absolute atomic E-state index is 0.164. The molecular weight excluding hydrogens is 90.1 g/mol. The molecule has 2 nitrogen and oxygen atoms in total. The van der Waals surface area contributed by atoms with Gasteiger partial charge in [-0.2, -0.15) is 0 Å². The lowest BCUT2D eigenvalue weighted by Crippen LogP contribution is -2.10. The van der Waals surface area contributed by atoms with Crippen molar-refractivity contribution in [3.63, 3.8) is 0 Å². The molecule has 0 rings (SSSR count). The van der Waals surface area contributed by atoms with Gasteiger partial charge in [-0.25, -0.2) is 0 Å². The third-order valence-corrected chi connectivity index (χ3v) is 0.492. The van der Waals surface area contributed by atoms with Crippen LogP contribution in [-0.2, 0) is 4.79 Å². The van der Waals surface area contributed by atoms with Crippen LogP contribution in [-0.4, -0.2) is 5.91 Å². The second kappa shape index (κ2) is 3.40. The van der Waals surface area contributed by atoms with Gasteiger partial charge in [-0.3, -0.25) is 4.79 Å². The molecule has 0 saturated carbocycles. The van der Waals surface area contributed by atoms with Gasteiger partial charge in [0.05, 0.1) is 0 Å². The second-order valence-corrected chi connectivity index (χ2v) is 1.04. The quantitative estimate of drug-likeness (QED) is 0.474. The largest absolute Gasteiger partial charge is 0.351 e. The third-order valence-electron chi connectivity index (χ3n) is 0.492. The summed E-state index contributed by atoms with van der Waals surface area (Å²) < 4.78 is 0. The number of allylic oxidation sites excluding steroid dienone is 1. The Kier molecular flexibility index (Phi) is 3.02. The first-order chi connectivity index (χ1) is 3.31. The molecule has 39 valence electrons. The van der Waals surface area contributed by atoms with Crippen molar-refractivity contribution in [1.29, 1.82) is 0 Å². The molecule has 1 radical (unpaired) electrons. The predicted octanol–water partition coefficient (Wildman–Crippen LogP) is 0.470. The molecule has 0 fully saturated rings. The molecule has 0 aliphatic heterocycles. The predicted molar refractivity (Wildman–Crippen MR) is 28.3 cm³/mol. The zero-order valence-electron chi connectivity index (χ0n) is 4.27. The molecule has 7 heavy (non-hydrogen) atoms. The summed E-state index contributed by atoms with van der Waals surface area (Å²) in [5, 5.41) is 2.19. The van der Waals surface area contributed by atoms with Gasteiger partial charge in [0, 0.05) is 7.05 Å². The Hall–Kier alpha value is -0.790. The number of amides is 1. The first-order valence-electron chi connectivity index (χ1n) is 2.01. The van der Waals surface area contributed by atoms with E-state index in [4.69, 9.17) is 0 Å². The Morgan fingerprint density at radius 2 is 2.43 bits per heavy atom. The number of nitrogens with one attached hydrogen (secondary N) is 1. The van der Waals surface area contributed by atoms with Crippen molar-refractivity contribution in [3.05, 3.63) is 19.2 Å². The first-order valence-corrected chi connectivity index (χ1v) is 2.01. The van der Waals surface area contributed by atoms with Crippen LogP contribution in [0.1, 0.15) is 6.92 Å². The number of hydrogen-bond donors (Lipinski definition) is 1. The zero-order valence-corrected chi connectivity index (χ0v) is 4.27. The summed E-state index contributed by atoms with van der Waals surface area (Å²) in [5.74, 6) is -0.164. The fourth-order valence-corrected chi connectivity index (χ4v) is 0.210. The van der Waals surface area contributed by atoms with E-state index in [2.05, 4.69) is 12.4 Å². The zero-order chi connectivity index (χ0) is 5.70. The van der Waals surface area contributed by atoms with Gasteiger partial charge < -0.3 is 5.32 Å². The van der Waals surface area contributed by atoms with Crippen LogP contribution in [0.3, 0.4) is 0 Å². The molecule has 0 bridgehead atoms. The van der Waals surface area contributed by atoms with Gasteiger partial charge in [0.2, 0.25) is 5.91 Å². The number of carbonyl (C=O) groups is 1. The number of rotatable bonds is 1. The van der Waals surface area contributed by atoms with E-state index >= 15 is 0 Å². The molecule has 1 amide bonds. The summed E-state index contributed by atoms with van der Waals surface area (Å²) in [6.07, 6.45) is 3.06. The van der Waals surface area contributed by atoms with Crippen LogP contribution >= 0.6 is 0 Å². The molecule has 0 aliphatic rings. The maximum atomic E-state index is 10.2. The highest BCUT2D eigenvalue weighted by Gasteiger charge is 1.81. The fraction of sp³-hybridized carbons (Fsp3) is 0.200. The van der Waals surface area contributed by atoms with E-state index in [0.29, 0.717) is 0 Å². The highest BCUT2D eigenvalue weighted by molar-refractivity contribution is 5.87. The van der Waals surface area contributed by atoms with E-state index in [-0.39, 0.29) is 5.91 Å². The summed E-state index contributed by atoms with van der Waals surface area (Å²) in [6.45, 7) is 1.77. The van der Waals surface area contributed by atoms with Gasteiger partial charge >= 0.3 is 0 Å². The summed E-state index contributed by atoms with van der Waals surface area (Å²) in [4.78, 5) is 10.2. The monoisotopic (exact) mass is 98.1 g/mol. The average Bonchev–Trinajstić information content (AvgIpc) is 1.68. The average molecular weight is 98.1 g/mol. The molecule has 2 heteroatoms. The summed E-state index contributed by atoms with van der Waals surface area (Å²) in [5.41, 5.74) is 0. The Bertz CT molecular complexity index is 86.1. The Morgan fingerprint density at radius 3 is 2.57 bits per heavy atom. The normalized spacial score (nSPS) is 9.43. The molecule has 0 spiro atoms. The van der Waals surface area contributed by atoms with Crippen molar-refractivity contribution in [2.75, 3.05) is 0 Å². The van der Waals surface area contributed by atoms with Crippen LogP contribution in [0, 0.1) is 7.05 Å². The van der Waals surface area contributed by atoms with Crippen LogP contribution < -0.4 is 5.32 Å². The van der Waals surface area contributed by atoms with Gasteiger partial charge in [0.15, 0.2) is 0 Å². The minimum atomic E-state index is -0.164. The summed E-state index contributed by atoms with van der Waals surface area (Å²) >= 11 is 0. The van der Waals surface area contributed by atoms with Gasteiger partial charge in [-0.1, -0.05) is 6.08 Å². The maximum Gasteiger partial charge on any atom is 0.243 e. The molecular formula is C5H8NO. The van der Waals surface area contributed by atoms with Crippen molar-refractivity contribution >= 4 is 5.91 Å². The molecule has 0 atom stereocenters. The molecule has 0 aromatic heterocycles. The van der Waals surface area contributed by atoms with Gasteiger partial charge in [-0.05, 0) is 13.0 Å².